The standard InChI is InChI=1S/C10H15FN2O2S.C2H6/c1-2-13(8-7-12)16(14,15)10-6-4-3-5-9(10)11;1-2/h3-6H,2,7-8,12H2,1H3;1-2H3. The number of hydrogen-bond acceptors (Lipinski definition) is 3. The molecule has 0 fully saturated rings. The fraction of sp³-hybridized carbons (Fsp3) is 0.500. The monoisotopic (exact) mass is 276 g/mol. The predicted octanol–water partition coefficient (Wildman–Crippen LogP) is 1.82. The Morgan fingerprint density at radius 1 is 1.28 bits per heavy atom. The van der Waals surface area contributed by atoms with Crippen molar-refractivity contribution >= 4 is 10.0 Å². The van der Waals surface area contributed by atoms with Gasteiger partial charge in [0.1, 0.15) is 10.7 Å². The number of likely N-dealkylation sites (N-methyl/N-ethyl adjacent to an activating group) is 1. The van der Waals surface area contributed by atoms with Crippen LogP contribution in [0.25, 0.3) is 0 Å². The summed E-state index contributed by atoms with van der Waals surface area (Å²) in [6.45, 7) is 6.36. The van der Waals surface area contributed by atoms with Crippen molar-refractivity contribution in [3.63, 3.8) is 0 Å². The minimum atomic E-state index is -3.77. The summed E-state index contributed by atoms with van der Waals surface area (Å²) in [6, 6.07) is 5.33. The molecule has 0 spiro atoms. The lowest BCUT2D eigenvalue weighted by Crippen LogP contribution is -2.35. The number of halogens is 1. The molecule has 1 rings (SSSR count). The molecule has 6 heteroatoms. The molecule has 0 aliphatic rings. The van der Waals surface area contributed by atoms with E-state index in [1.54, 1.807) is 6.92 Å². The summed E-state index contributed by atoms with van der Waals surface area (Å²) in [5.74, 6) is -0.738. The van der Waals surface area contributed by atoms with Crippen LogP contribution in [0, 0.1) is 5.82 Å². The minimum Gasteiger partial charge on any atom is -0.329 e. The van der Waals surface area contributed by atoms with Crippen LogP contribution >= 0.6 is 0 Å². The van der Waals surface area contributed by atoms with E-state index >= 15 is 0 Å². The predicted molar refractivity (Wildman–Crippen MR) is 71.2 cm³/mol. The van der Waals surface area contributed by atoms with Crippen molar-refractivity contribution in [1.29, 1.82) is 0 Å². The fourth-order valence-electron chi connectivity index (χ4n) is 1.39. The van der Waals surface area contributed by atoms with E-state index in [0.29, 0.717) is 0 Å². The Morgan fingerprint density at radius 3 is 2.28 bits per heavy atom. The molecule has 0 atom stereocenters. The van der Waals surface area contributed by atoms with E-state index in [1.807, 2.05) is 13.8 Å². The van der Waals surface area contributed by atoms with Crippen LogP contribution in [0.15, 0.2) is 29.2 Å². The molecule has 18 heavy (non-hydrogen) atoms. The van der Waals surface area contributed by atoms with Gasteiger partial charge in [-0.25, -0.2) is 12.8 Å². The average molecular weight is 276 g/mol. The third-order valence-electron chi connectivity index (χ3n) is 2.19. The van der Waals surface area contributed by atoms with Crippen molar-refractivity contribution in [3.05, 3.63) is 30.1 Å². The molecule has 0 unspecified atom stereocenters. The van der Waals surface area contributed by atoms with E-state index in [2.05, 4.69) is 0 Å². The number of hydrogen-bond donors (Lipinski definition) is 1. The molecule has 0 aliphatic heterocycles. The Bertz CT molecular complexity index is 449. The van der Waals surface area contributed by atoms with E-state index in [4.69, 9.17) is 5.73 Å². The summed E-state index contributed by atoms with van der Waals surface area (Å²) in [7, 11) is -3.77. The summed E-state index contributed by atoms with van der Waals surface area (Å²) in [4.78, 5) is -0.301. The van der Waals surface area contributed by atoms with Crippen LogP contribution in [0.4, 0.5) is 4.39 Å². The van der Waals surface area contributed by atoms with E-state index in [9.17, 15) is 12.8 Å². The quantitative estimate of drug-likeness (QED) is 0.892. The third-order valence-corrected chi connectivity index (χ3v) is 4.19. The molecule has 0 radical (unpaired) electrons. The summed E-state index contributed by atoms with van der Waals surface area (Å²) in [6.07, 6.45) is 0. The lowest BCUT2D eigenvalue weighted by molar-refractivity contribution is 0.431. The van der Waals surface area contributed by atoms with Crippen molar-refractivity contribution in [3.8, 4) is 0 Å². The third kappa shape index (κ3) is 4.04. The average Bonchev–Trinajstić information content (AvgIpc) is 2.38. The van der Waals surface area contributed by atoms with Gasteiger partial charge >= 0.3 is 0 Å². The zero-order chi connectivity index (χ0) is 14.2. The first-order valence-electron chi connectivity index (χ1n) is 5.98. The highest BCUT2D eigenvalue weighted by molar-refractivity contribution is 7.89. The Balaban J connectivity index is 0.00000137. The Kier molecular flexibility index (Phi) is 7.73. The number of nitrogens with zero attached hydrogens (tertiary/aromatic N) is 1. The fourth-order valence-corrected chi connectivity index (χ4v) is 2.91. The maximum absolute atomic E-state index is 13.4. The van der Waals surface area contributed by atoms with Gasteiger partial charge in [0.25, 0.3) is 0 Å². The van der Waals surface area contributed by atoms with Gasteiger partial charge in [-0.2, -0.15) is 4.31 Å². The highest BCUT2D eigenvalue weighted by Crippen LogP contribution is 2.18. The number of benzene rings is 1. The topological polar surface area (TPSA) is 63.4 Å². The van der Waals surface area contributed by atoms with Gasteiger partial charge in [-0.15, -0.1) is 0 Å². The van der Waals surface area contributed by atoms with Crippen molar-refractivity contribution < 1.29 is 12.8 Å². The van der Waals surface area contributed by atoms with Gasteiger partial charge in [0, 0.05) is 19.6 Å². The number of rotatable bonds is 5. The Labute approximate surface area is 109 Å². The first-order chi connectivity index (χ1) is 8.54. The van der Waals surface area contributed by atoms with Crippen LogP contribution in [0.1, 0.15) is 20.8 Å². The van der Waals surface area contributed by atoms with Crippen molar-refractivity contribution in [2.24, 2.45) is 5.73 Å². The second-order valence-corrected chi connectivity index (χ2v) is 5.12. The highest BCUT2D eigenvalue weighted by Gasteiger charge is 2.25. The van der Waals surface area contributed by atoms with Crippen LogP contribution in [-0.4, -0.2) is 32.4 Å². The summed E-state index contributed by atoms with van der Waals surface area (Å²) in [5.41, 5.74) is 5.32. The molecular weight excluding hydrogens is 255 g/mol. The molecule has 0 bridgehead atoms. The molecule has 1 aromatic rings. The van der Waals surface area contributed by atoms with E-state index < -0.39 is 15.8 Å². The zero-order valence-electron chi connectivity index (χ0n) is 11.1. The minimum absolute atomic E-state index is 0.188. The molecule has 0 amide bonds. The van der Waals surface area contributed by atoms with Gasteiger partial charge in [-0.3, -0.25) is 0 Å². The van der Waals surface area contributed by atoms with E-state index in [1.165, 1.54) is 18.2 Å². The van der Waals surface area contributed by atoms with Crippen LogP contribution in [-0.2, 0) is 10.0 Å². The Hall–Kier alpha value is -0.980. The molecule has 0 aromatic heterocycles. The summed E-state index contributed by atoms with van der Waals surface area (Å²) < 4.78 is 38.6. The first-order valence-corrected chi connectivity index (χ1v) is 7.42. The molecule has 0 heterocycles. The van der Waals surface area contributed by atoms with Gasteiger partial charge in [0.2, 0.25) is 10.0 Å². The molecule has 1 aromatic carbocycles. The lowest BCUT2D eigenvalue weighted by Gasteiger charge is -2.19. The van der Waals surface area contributed by atoms with Gasteiger partial charge in [-0.05, 0) is 12.1 Å². The number of sulfonamides is 1. The smallest absolute Gasteiger partial charge is 0.246 e. The molecule has 0 saturated heterocycles. The van der Waals surface area contributed by atoms with Gasteiger partial charge in [-0.1, -0.05) is 32.9 Å². The van der Waals surface area contributed by atoms with Crippen molar-refractivity contribution in [2.75, 3.05) is 19.6 Å². The lowest BCUT2D eigenvalue weighted by atomic mass is 10.4. The van der Waals surface area contributed by atoms with Crippen molar-refractivity contribution in [1.82, 2.24) is 4.31 Å². The van der Waals surface area contributed by atoms with Crippen molar-refractivity contribution in [2.45, 2.75) is 25.7 Å². The van der Waals surface area contributed by atoms with Crippen LogP contribution in [0.3, 0.4) is 0 Å². The maximum atomic E-state index is 13.4. The number of nitrogens with two attached hydrogens (primary N) is 1. The summed E-state index contributed by atoms with van der Waals surface area (Å²) >= 11 is 0. The van der Waals surface area contributed by atoms with Crippen LogP contribution < -0.4 is 5.73 Å². The largest absolute Gasteiger partial charge is 0.329 e. The Morgan fingerprint density at radius 2 is 1.83 bits per heavy atom. The second-order valence-electron chi connectivity index (χ2n) is 3.22. The van der Waals surface area contributed by atoms with Gasteiger partial charge in [0.15, 0.2) is 0 Å². The first kappa shape index (κ1) is 17.0. The SMILES string of the molecule is CC.CCN(CCN)S(=O)(=O)c1ccccc1F. The second kappa shape index (κ2) is 8.18. The normalized spacial score (nSPS) is 11.0. The van der Waals surface area contributed by atoms with Crippen LogP contribution in [0.5, 0.6) is 0 Å². The van der Waals surface area contributed by atoms with E-state index in [-0.39, 0.29) is 24.5 Å². The van der Waals surface area contributed by atoms with Gasteiger partial charge in [0.05, 0.1) is 0 Å². The molecule has 2 N–H and O–H groups in total. The van der Waals surface area contributed by atoms with Crippen LogP contribution in [0.2, 0.25) is 0 Å². The van der Waals surface area contributed by atoms with Gasteiger partial charge < -0.3 is 5.73 Å². The summed E-state index contributed by atoms with van der Waals surface area (Å²) in [5, 5.41) is 0. The molecule has 4 nitrogen and oxygen atoms in total. The molecular formula is C12H21FN2O2S. The maximum Gasteiger partial charge on any atom is 0.246 e. The molecule has 0 aliphatic carbocycles. The molecule has 104 valence electrons. The molecule has 0 saturated carbocycles. The highest BCUT2D eigenvalue weighted by atomic mass is 32.2. The zero-order valence-corrected chi connectivity index (χ0v) is 11.9. The van der Waals surface area contributed by atoms with E-state index in [0.717, 1.165) is 10.4 Å².